The van der Waals surface area contributed by atoms with Gasteiger partial charge in [-0.15, -0.1) is 0 Å². The topological polar surface area (TPSA) is 29.5 Å². The van der Waals surface area contributed by atoms with E-state index in [2.05, 4.69) is 18.7 Å². The van der Waals surface area contributed by atoms with E-state index in [1.165, 1.54) is 32.0 Å². The van der Waals surface area contributed by atoms with Gasteiger partial charge in [-0.1, -0.05) is 32.6 Å². The second kappa shape index (κ2) is 7.90. The smallest absolute Gasteiger partial charge is 0.127 e. The van der Waals surface area contributed by atoms with Crippen LogP contribution in [0, 0.1) is 5.41 Å². The van der Waals surface area contributed by atoms with Gasteiger partial charge >= 0.3 is 0 Å². The first-order valence-electron chi connectivity index (χ1n) is 7.37. The molecule has 0 aliphatic heterocycles. The third kappa shape index (κ3) is 4.36. The van der Waals surface area contributed by atoms with Crippen LogP contribution in [-0.4, -0.2) is 44.0 Å². The van der Waals surface area contributed by atoms with Crippen molar-refractivity contribution in [3.05, 3.63) is 0 Å². The number of aldehydes is 1. The van der Waals surface area contributed by atoms with Crippen LogP contribution in [0.25, 0.3) is 0 Å². The second-order valence-corrected chi connectivity index (χ2v) is 5.76. The first-order chi connectivity index (χ1) is 8.67. The molecule has 1 fully saturated rings. The van der Waals surface area contributed by atoms with Gasteiger partial charge in [0, 0.05) is 25.1 Å². The third-order valence-electron chi connectivity index (χ3n) is 4.30. The van der Waals surface area contributed by atoms with E-state index < -0.39 is 0 Å². The maximum atomic E-state index is 11.6. The molecule has 18 heavy (non-hydrogen) atoms. The number of nitrogens with zero attached hydrogens (tertiary/aromatic N) is 1. The molecule has 106 valence electrons. The molecule has 1 saturated carbocycles. The van der Waals surface area contributed by atoms with Crippen LogP contribution in [0.4, 0.5) is 0 Å². The molecule has 1 aliphatic rings. The van der Waals surface area contributed by atoms with E-state index in [4.69, 9.17) is 4.74 Å². The Labute approximate surface area is 112 Å². The number of rotatable bonds is 7. The molecule has 0 radical (unpaired) electrons. The highest BCUT2D eigenvalue weighted by atomic mass is 16.5. The molecule has 3 heteroatoms. The Morgan fingerprint density at radius 3 is 2.33 bits per heavy atom. The van der Waals surface area contributed by atoms with Crippen LogP contribution >= 0.6 is 0 Å². The number of hydrogen-bond donors (Lipinski definition) is 0. The van der Waals surface area contributed by atoms with Crippen LogP contribution in [-0.2, 0) is 9.53 Å². The van der Waals surface area contributed by atoms with Gasteiger partial charge in [-0.3, -0.25) is 4.90 Å². The van der Waals surface area contributed by atoms with Gasteiger partial charge in [0.1, 0.15) is 6.29 Å². The average Bonchev–Trinajstić information content (AvgIpc) is 2.62. The van der Waals surface area contributed by atoms with Gasteiger partial charge in [0.15, 0.2) is 0 Å². The van der Waals surface area contributed by atoms with E-state index in [0.29, 0.717) is 6.04 Å². The normalized spacial score (nSPS) is 21.6. The second-order valence-electron chi connectivity index (χ2n) is 5.76. The molecule has 1 aliphatic carbocycles. The van der Waals surface area contributed by atoms with Crippen molar-refractivity contribution in [1.82, 2.24) is 4.90 Å². The lowest BCUT2D eigenvalue weighted by atomic mass is 9.81. The van der Waals surface area contributed by atoms with Gasteiger partial charge < -0.3 is 9.53 Å². The molecule has 1 atom stereocenters. The fraction of sp³-hybridized carbons (Fsp3) is 0.933. The Morgan fingerprint density at radius 2 is 1.89 bits per heavy atom. The van der Waals surface area contributed by atoms with E-state index in [0.717, 1.165) is 32.5 Å². The number of likely N-dealkylation sites (N-methyl/N-ethyl adjacent to an activating group) is 1. The highest BCUT2D eigenvalue weighted by Gasteiger charge is 2.33. The number of ether oxygens (including phenoxy) is 1. The molecule has 3 nitrogen and oxygen atoms in total. The van der Waals surface area contributed by atoms with Gasteiger partial charge in [0.25, 0.3) is 0 Å². The molecule has 0 aromatic rings. The van der Waals surface area contributed by atoms with Crippen molar-refractivity contribution in [3.63, 3.8) is 0 Å². The van der Waals surface area contributed by atoms with Crippen LogP contribution in [0.15, 0.2) is 0 Å². The number of methoxy groups -OCH3 is 1. The largest absolute Gasteiger partial charge is 0.383 e. The monoisotopic (exact) mass is 255 g/mol. The van der Waals surface area contributed by atoms with E-state index in [9.17, 15) is 4.79 Å². The van der Waals surface area contributed by atoms with Crippen molar-refractivity contribution in [3.8, 4) is 0 Å². The lowest BCUT2D eigenvalue weighted by Crippen LogP contribution is -2.44. The number of hydrogen-bond acceptors (Lipinski definition) is 3. The molecule has 0 heterocycles. The third-order valence-corrected chi connectivity index (χ3v) is 4.30. The summed E-state index contributed by atoms with van der Waals surface area (Å²) < 4.78 is 5.24. The molecule has 0 bridgehead atoms. The van der Waals surface area contributed by atoms with Crippen LogP contribution in [0.2, 0.25) is 0 Å². The fourth-order valence-electron chi connectivity index (χ4n) is 3.08. The Balaban J connectivity index is 2.65. The Morgan fingerprint density at radius 1 is 1.28 bits per heavy atom. The van der Waals surface area contributed by atoms with Crippen molar-refractivity contribution >= 4 is 6.29 Å². The minimum atomic E-state index is -0.103. The molecule has 0 aromatic heterocycles. The van der Waals surface area contributed by atoms with E-state index in [1.54, 1.807) is 7.11 Å². The number of carbonyl (C=O) groups excluding carboxylic acids is 1. The van der Waals surface area contributed by atoms with E-state index in [-0.39, 0.29) is 5.41 Å². The van der Waals surface area contributed by atoms with Crippen molar-refractivity contribution in [2.24, 2.45) is 5.41 Å². The minimum Gasteiger partial charge on any atom is -0.383 e. The summed E-state index contributed by atoms with van der Waals surface area (Å²) in [5.74, 6) is 0. The maximum absolute atomic E-state index is 11.6. The van der Waals surface area contributed by atoms with E-state index >= 15 is 0 Å². The summed E-state index contributed by atoms with van der Waals surface area (Å²) in [7, 11) is 1.74. The van der Waals surface area contributed by atoms with Crippen LogP contribution < -0.4 is 0 Å². The lowest BCUT2D eigenvalue weighted by molar-refractivity contribution is -0.118. The number of carbonyl (C=O) groups is 1. The summed E-state index contributed by atoms with van der Waals surface area (Å²) in [5.41, 5.74) is -0.103. The van der Waals surface area contributed by atoms with Gasteiger partial charge in [0.05, 0.1) is 6.61 Å². The van der Waals surface area contributed by atoms with Gasteiger partial charge in [-0.25, -0.2) is 0 Å². The summed E-state index contributed by atoms with van der Waals surface area (Å²) >= 11 is 0. The Hall–Kier alpha value is -0.410. The van der Waals surface area contributed by atoms with Crippen molar-refractivity contribution in [2.45, 2.75) is 58.4 Å². The molecule has 0 amide bonds. The SMILES string of the molecule is CCN(CC1(C=O)CCCCCC1)C(C)COC. The van der Waals surface area contributed by atoms with Crippen LogP contribution in [0.1, 0.15) is 52.4 Å². The van der Waals surface area contributed by atoms with Crippen molar-refractivity contribution in [2.75, 3.05) is 26.8 Å². The van der Waals surface area contributed by atoms with Crippen LogP contribution in [0.3, 0.4) is 0 Å². The zero-order chi connectivity index (χ0) is 13.4. The quantitative estimate of drug-likeness (QED) is 0.517. The maximum Gasteiger partial charge on any atom is 0.127 e. The highest BCUT2D eigenvalue weighted by molar-refractivity contribution is 5.59. The standard InChI is InChI=1S/C15H29NO2/c1-4-16(14(2)11-18-3)12-15(13-17)9-7-5-6-8-10-15/h13-14H,4-12H2,1-3H3. The minimum absolute atomic E-state index is 0.103. The first kappa shape index (κ1) is 15.6. The molecule has 1 unspecified atom stereocenters. The Bertz CT molecular complexity index is 235. The summed E-state index contributed by atoms with van der Waals surface area (Å²) in [4.78, 5) is 14.0. The summed E-state index contributed by atoms with van der Waals surface area (Å²) in [5, 5.41) is 0. The fourth-order valence-corrected chi connectivity index (χ4v) is 3.08. The summed E-state index contributed by atoms with van der Waals surface area (Å²) in [6, 6.07) is 0.389. The molecular weight excluding hydrogens is 226 g/mol. The zero-order valence-electron chi connectivity index (χ0n) is 12.3. The van der Waals surface area contributed by atoms with Gasteiger partial charge in [-0.05, 0) is 26.3 Å². The first-order valence-corrected chi connectivity index (χ1v) is 7.37. The molecule has 1 rings (SSSR count). The predicted molar refractivity (Wildman–Crippen MR) is 74.8 cm³/mol. The molecule has 0 saturated heterocycles. The molecule has 0 spiro atoms. The predicted octanol–water partition coefficient (Wildman–Crippen LogP) is 2.88. The van der Waals surface area contributed by atoms with E-state index in [1.807, 2.05) is 0 Å². The highest BCUT2D eigenvalue weighted by Crippen LogP contribution is 2.34. The summed E-state index contributed by atoms with van der Waals surface area (Å²) in [6.07, 6.45) is 8.34. The van der Waals surface area contributed by atoms with Gasteiger partial charge in [-0.2, -0.15) is 0 Å². The lowest BCUT2D eigenvalue weighted by Gasteiger charge is -2.36. The molecule has 0 N–H and O–H groups in total. The Kier molecular flexibility index (Phi) is 6.87. The van der Waals surface area contributed by atoms with Crippen LogP contribution in [0.5, 0.6) is 0 Å². The van der Waals surface area contributed by atoms with Gasteiger partial charge in [0.2, 0.25) is 0 Å². The summed E-state index contributed by atoms with van der Waals surface area (Å²) in [6.45, 7) is 6.98. The average molecular weight is 255 g/mol. The molecule has 0 aromatic carbocycles. The zero-order valence-corrected chi connectivity index (χ0v) is 12.3. The van der Waals surface area contributed by atoms with Crippen molar-refractivity contribution < 1.29 is 9.53 Å². The molecular formula is C15H29NO2. The van der Waals surface area contributed by atoms with Crippen molar-refractivity contribution in [1.29, 1.82) is 0 Å².